The number of hydrogen-bond acceptors (Lipinski definition) is 5. The van der Waals surface area contributed by atoms with Crippen LogP contribution in [0.3, 0.4) is 0 Å². The van der Waals surface area contributed by atoms with Crippen LogP contribution in [0.1, 0.15) is 22.4 Å². The summed E-state index contributed by atoms with van der Waals surface area (Å²) in [6, 6.07) is 5.81. The average Bonchev–Trinajstić information content (AvgIpc) is 3.22. The smallest absolute Gasteiger partial charge is 0.417 e. The van der Waals surface area contributed by atoms with Crippen molar-refractivity contribution < 1.29 is 31.4 Å². The summed E-state index contributed by atoms with van der Waals surface area (Å²) in [4.78, 5) is 16.3. The summed E-state index contributed by atoms with van der Waals surface area (Å²) < 4.78 is 81.8. The predicted octanol–water partition coefficient (Wildman–Crippen LogP) is 5.66. The SMILES string of the molecule is Cc1cc(OCc2cc(F)c(Oc3ccc(Cl)c(C(F)(F)F)c3)c(F)c2)nc(=O)n1Cc1cnn(C)c1. The number of rotatable bonds is 7. The maximum atomic E-state index is 14.6. The fraction of sp³-hybridized carbons (Fsp3) is 0.208. The molecule has 13 heteroatoms. The Hall–Kier alpha value is -3.93. The van der Waals surface area contributed by atoms with Crippen LogP contribution >= 0.6 is 11.6 Å². The highest BCUT2D eigenvalue weighted by molar-refractivity contribution is 6.31. The summed E-state index contributed by atoms with van der Waals surface area (Å²) in [5, 5.41) is 3.47. The van der Waals surface area contributed by atoms with Gasteiger partial charge in [0.15, 0.2) is 17.4 Å². The first-order chi connectivity index (χ1) is 17.4. The zero-order chi connectivity index (χ0) is 26.9. The van der Waals surface area contributed by atoms with Crippen LogP contribution in [0.15, 0.2) is 53.6 Å². The molecule has 0 bridgehead atoms. The van der Waals surface area contributed by atoms with E-state index in [1.807, 2.05) is 0 Å². The van der Waals surface area contributed by atoms with E-state index in [0.29, 0.717) is 11.8 Å². The second-order valence-corrected chi connectivity index (χ2v) is 8.45. The minimum atomic E-state index is -4.78. The Morgan fingerprint density at radius 1 is 1.05 bits per heavy atom. The number of aryl methyl sites for hydroxylation is 2. The molecule has 4 aromatic rings. The van der Waals surface area contributed by atoms with Crippen LogP contribution in [0.4, 0.5) is 22.0 Å². The van der Waals surface area contributed by atoms with E-state index in [-0.39, 0.29) is 24.6 Å². The number of ether oxygens (including phenoxy) is 2. The van der Waals surface area contributed by atoms with Crippen LogP contribution < -0.4 is 15.2 Å². The number of halogens is 6. The highest BCUT2D eigenvalue weighted by Crippen LogP contribution is 2.38. The summed E-state index contributed by atoms with van der Waals surface area (Å²) in [5.41, 5.74) is -0.414. The van der Waals surface area contributed by atoms with Gasteiger partial charge in [0.1, 0.15) is 12.4 Å². The summed E-state index contributed by atoms with van der Waals surface area (Å²) >= 11 is 5.55. The molecule has 0 radical (unpaired) electrons. The summed E-state index contributed by atoms with van der Waals surface area (Å²) in [6.45, 7) is 1.59. The van der Waals surface area contributed by atoms with Gasteiger partial charge in [0.05, 0.1) is 23.3 Å². The Bertz CT molecular complexity index is 1490. The van der Waals surface area contributed by atoms with E-state index < -0.39 is 45.6 Å². The fourth-order valence-corrected chi connectivity index (χ4v) is 3.67. The number of aromatic nitrogens is 4. The van der Waals surface area contributed by atoms with E-state index in [0.717, 1.165) is 29.8 Å². The van der Waals surface area contributed by atoms with Crippen molar-refractivity contribution in [2.45, 2.75) is 26.3 Å². The van der Waals surface area contributed by atoms with Crippen molar-refractivity contribution in [2.75, 3.05) is 0 Å². The Morgan fingerprint density at radius 2 is 1.76 bits per heavy atom. The van der Waals surface area contributed by atoms with E-state index >= 15 is 0 Å². The van der Waals surface area contributed by atoms with E-state index in [4.69, 9.17) is 21.1 Å². The molecule has 0 spiro atoms. The van der Waals surface area contributed by atoms with E-state index in [1.165, 1.54) is 10.6 Å². The van der Waals surface area contributed by atoms with Crippen LogP contribution in [0, 0.1) is 18.6 Å². The third-order valence-corrected chi connectivity index (χ3v) is 5.53. The third kappa shape index (κ3) is 6.08. The van der Waals surface area contributed by atoms with Crippen LogP contribution in [0.5, 0.6) is 17.4 Å². The third-order valence-electron chi connectivity index (χ3n) is 5.20. The lowest BCUT2D eigenvalue weighted by Gasteiger charge is -2.14. The molecule has 7 nitrogen and oxygen atoms in total. The first kappa shape index (κ1) is 26.1. The van der Waals surface area contributed by atoms with Gasteiger partial charge >= 0.3 is 11.9 Å². The normalized spacial score (nSPS) is 11.6. The molecule has 0 aliphatic heterocycles. The molecular weight excluding hydrogens is 523 g/mol. The minimum Gasteiger partial charge on any atom is -0.473 e. The Balaban J connectivity index is 1.48. The van der Waals surface area contributed by atoms with Gasteiger partial charge in [0.25, 0.3) is 0 Å². The second kappa shape index (κ2) is 10.2. The predicted molar refractivity (Wildman–Crippen MR) is 123 cm³/mol. The monoisotopic (exact) mass is 540 g/mol. The highest BCUT2D eigenvalue weighted by atomic mass is 35.5. The van der Waals surface area contributed by atoms with Gasteiger partial charge in [-0.1, -0.05) is 11.6 Å². The molecule has 37 heavy (non-hydrogen) atoms. The Labute approximate surface area is 211 Å². The van der Waals surface area contributed by atoms with E-state index in [9.17, 15) is 26.7 Å². The van der Waals surface area contributed by atoms with Crippen molar-refractivity contribution in [1.82, 2.24) is 19.3 Å². The Morgan fingerprint density at radius 3 is 2.35 bits per heavy atom. The standard InChI is InChI=1S/C24H18ClF5N4O3/c1-13-5-21(32-23(35)34(13)11-15-9-31-33(2)10-15)36-12-14-6-19(26)22(20(27)7-14)37-16-3-4-18(25)17(8-16)24(28,29)30/h3-10H,11-12H2,1-2H3. The average molecular weight is 541 g/mol. The van der Waals surface area contributed by atoms with Gasteiger partial charge in [-0.25, -0.2) is 13.6 Å². The minimum absolute atomic E-state index is 0.0356. The van der Waals surface area contributed by atoms with Crippen LogP contribution in [0.25, 0.3) is 0 Å². The van der Waals surface area contributed by atoms with Crippen LogP contribution in [0.2, 0.25) is 5.02 Å². The molecule has 4 rings (SSSR count). The molecule has 0 atom stereocenters. The van der Waals surface area contributed by atoms with E-state index in [1.54, 1.807) is 31.0 Å². The van der Waals surface area contributed by atoms with E-state index in [2.05, 4.69) is 10.1 Å². The quantitative estimate of drug-likeness (QED) is 0.283. The molecule has 0 fully saturated rings. The lowest BCUT2D eigenvalue weighted by atomic mass is 10.2. The lowest BCUT2D eigenvalue weighted by molar-refractivity contribution is -0.137. The zero-order valence-corrected chi connectivity index (χ0v) is 20.1. The summed E-state index contributed by atoms with van der Waals surface area (Å²) in [7, 11) is 1.75. The van der Waals surface area contributed by atoms with Crippen molar-refractivity contribution in [2.24, 2.45) is 7.05 Å². The van der Waals surface area contributed by atoms with Gasteiger partial charge < -0.3 is 9.47 Å². The molecule has 0 N–H and O–H groups in total. The molecule has 0 unspecified atom stereocenters. The van der Waals surface area contributed by atoms with Gasteiger partial charge in [-0.2, -0.15) is 23.3 Å². The first-order valence-corrected chi connectivity index (χ1v) is 11.0. The zero-order valence-electron chi connectivity index (χ0n) is 19.3. The number of benzene rings is 2. The largest absolute Gasteiger partial charge is 0.473 e. The molecule has 2 aromatic carbocycles. The number of nitrogens with zero attached hydrogens (tertiary/aromatic N) is 4. The molecule has 2 heterocycles. The molecule has 2 aromatic heterocycles. The lowest BCUT2D eigenvalue weighted by Crippen LogP contribution is -2.25. The topological polar surface area (TPSA) is 71.2 Å². The molecule has 0 saturated heterocycles. The molecule has 0 aliphatic rings. The molecule has 194 valence electrons. The summed E-state index contributed by atoms with van der Waals surface area (Å²) in [6.07, 6.45) is -1.40. The van der Waals surface area contributed by atoms with Gasteiger partial charge in [0.2, 0.25) is 5.88 Å². The van der Waals surface area contributed by atoms with Crippen molar-refractivity contribution in [1.29, 1.82) is 0 Å². The van der Waals surface area contributed by atoms with Gasteiger partial charge in [-0.3, -0.25) is 9.25 Å². The molecular formula is C24H18ClF5N4O3. The maximum absolute atomic E-state index is 14.6. The Kier molecular flexibility index (Phi) is 7.21. The van der Waals surface area contributed by atoms with Crippen LogP contribution in [-0.2, 0) is 26.4 Å². The van der Waals surface area contributed by atoms with Gasteiger partial charge in [-0.05, 0) is 42.8 Å². The summed E-state index contributed by atoms with van der Waals surface area (Å²) in [5.74, 6) is -3.74. The van der Waals surface area contributed by atoms with Crippen LogP contribution in [-0.4, -0.2) is 19.3 Å². The van der Waals surface area contributed by atoms with Gasteiger partial charge in [-0.15, -0.1) is 0 Å². The highest BCUT2D eigenvalue weighted by Gasteiger charge is 2.33. The molecule has 0 aliphatic carbocycles. The first-order valence-electron chi connectivity index (χ1n) is 10.6. The molecule has 0 amide bonds. The maximum Gasteiger partial charge on any atom is 0.417 e. The van der Waals surface area contributed by atoms with Crippen molar-refractivity contribution in [3.63, 3.8) is 0 Å². The van der Waals surface area contributed by atoms with Crippen molar-refractivity contribution in [3.05, 3.63) is 98.3 Å². The number of hydrogen-bond donors (Lipinski definition) is 0. The van der Waals surface area contributed by atoms with Gasteiger partial charge in [0, 0.05) is 30.6 Å². The fourth-order valence-electron chi connectivity index (χ4n) is 3.45. The number of alkyl halides is 3. The molecule has 0 saturated carbocycles. The second-order valence-electron chi connectivity index (χ2n) is 8.05. The van der Waals surface area contributed by atoms with Crippen molar-refractivity contribution in [3.8, 4) is 17.4 Å². The van der Waals surface area contributed by atoms with Crippen molar-refractivity contribution >= 4 is 11.6 Å².